The summed E-state index contributed by atoms with van der Waals surface area (Å²) in [4.78, 5) is 17.1. The zero-order valence-corrected chi connectivity index (χ0v) is 15.2. The van der Waals surface area contributed by atoms with E-state index in [1.165, 1.54) is 12.1 Å². The van der Waals surface area contributed by atoms with Gasteiger partial charge in [0.2, 0.25) is 11.9 Å². The zero-order valence-electron chi connectivity index (χ0n) is 15.2. The van der Waals surface area contributed by atoms with Crippen molar-refractivity contribution in [2.75, 3.05) is 11.1 Å². The van der Waals surface area contributed by atoms with Gasteiger partial charge in [0.25, 0.3) is 0 Å². The van der Waals surface area contributed by atoms with Crippen LogP contribution in [0.5, 0.6) is 0 Å². The van der Waals surface area contributed by atoms with Crippen molar-refractivity contribution in [2.24, 2.45) is 0 Å². The molecule has 0 aliphatic heterocycles. The number of hydrogen-bond donors (Lipinski definition) is 2. The largest absolute Gasteiger partial charge is 0.368 e. The molecule has 8 heteroatoms. The molecule has 140 valence electrons. The van der Waals surface area contributed by atoms with Crippen molar-refractivity contribution in [3.8, 4) is 5.69 Å². The van der Waals surface area contributed by atoms with E-state index in [-0.39, 0.29) is 11.8 Å². The van der Waals surface area contributed by atoms with E-state index in [0.717, 1.165) is 5.69 Å². The summed E-state index contributed by atoms with van der Waals surface area (Å²) in [5.41, 5.74) is 7.90. The summed E-state index contributed by atoms with van der Waals surface area (Å²) in [7, 11) is 0. The normalized spacial score (nSPS) is 12.1. The fourth-order valence-corrected chi connectivity index (χ4v) is 3.06. The standard InChI is InChI=1S/C20H18FN7/c1-3-15(26-20-24-12(2)23-19(22)27-20)18-25-16-10-9-13(21)11-17(16)28(18)14-7-5-4-6-8-14/h3-11,15H,1H2,2H3,(H3,22,23,24,26,27). The maximum Gasteiger partial charge on any atom is 0.228 e. The number of anilines is 2. The summed E-state index contributed by atoms with van der Waals surface area (Å²) in [5, 5.41) is 3.18. The second-order valence-electron chi connectivity index (χ2n) is 6.20. The van der Waals surface area contributed by atoms with Crippen LogP contribution in [-0.2, 0) is 0 Å². The minimum Gasteiger partial charge on any atom is -0.368 e. The SMILES string of the molecule is C=CC(Nc1nc(C)nc(N)n1)c1nc2ccc(F)cc2n1-c1ccccc1. The molecule has 4 rings (SSSR count). The van der Waals surface area contributed by atoms with Gasteiger partial charge in [-0.05, 0) is 31.2 Å². The van der Waals surface area contributed by atoms with Crippen LogP contribution in [0.3, 0.4) is 0 Å². The number of aryl methyl sites for hydroxylation is 1. The number of nitrogen functional groups attached to an aromatic ring is 1. The van der Waals surface area contributed by atoms with Crippen LogP contribution in [0.15, 0.2) is 61.2 Å². The predicted molar refractivity (Wildman–Crippen MR) is 107 cm³/mol. The second kappa shape index (κ2) is 7.07. The quantitative estimate of drug-likeness (QED) is 0.518. The lowest BCUT2D eigenvalue weighted by Crippen LogP contribution is -2.16. The Labute approximate surface area is 160 Å². The second-order valence-corrected chi connectivity index (χ2v) is 6.20. The van der Waals surface area contributed by atoms with E-state index in [9.17, 15) is 4.39 Å². The number of para-hydroxylation sites is 1. The maximum absolute atomic E-state index is 13.9. The first-order valence-corrected chi connectivity index (χ1v) is 8.65. The number of imidazole rings is 1. The number of nitrogens with one attached hydrogen (secondary N) is 1. The molecule has 0 saturated heterocycles. The molecule has 0 saturated carbocycles. The zero-order chi connectivity index (χ0) is 19.7. The van der Waals surface area contributed by atoms with Crippen LogP contribution < -0.4 is 11.1 Å². The summed E-state index contributed by atoms with van der Waals surface area (Å²) in [6.07, 6.45) is 1.69. The van der Waals surface area contributed by atoms with Crippen LogP contribution in [0.2, 0.25) is 0 Å². The number of hydrogen-bond acceptors (Lipinski definition) is 6. The molecular formula is C20H18FN7. The van der Waals surface area contributed by atoms with E-state index < -0.39 is 6.04 Å². The van der Waals surface area contributed by atoms with Crippen molar-refractivity contribution in [1.82, 2.24) is 24.5 Å². The van der Waals surface area contributed by atoms with Crippen LogP contribution in [0.25, 0.3) is 16.7 Å². The highest BCUT2D eigenvalue weighted by Crippen LogP contribution is 2.28. The fourth-order valence-electron chi connectivity index (χ4n) is 3.06. The summed E-state index contributed by atoms with van der Waals surface area (Å²) in [5.74, 6) is 1.22. The summed E-state index contributed by atoms with van der Waals surface area (Å²) in [6.45, 7) is 5.64. The molecule has 0 aliphatic rings. The van der Waals surface area contributed by atoms with Gasteiger partial charge in [-0.2, -0.15) is 15.0 Å². The van der Waals surface area contributed by atoms with E-state index in [4.69, 9.17) is 10.7 Å². The third-order valence-corrected chi connectivity index (χ3v) is 4.22. The molecule has 3 N–H and O–H groups in total. The van der Waals surface area contributed by atoms with Crippen molar-refractivity contribution in [1.29, 1.82) is 0 Å². The van der Waals surface area contributed by atoms with Crippen LogP contribution in [0.1, 0.15) is 17.7 Å². The summed E-state index contributed by atoms with van der Waals surface area (Å²) >= 11 is 0. The Balaban J connectivity index is 1.87. The average molecular weight is 375 g/mol. The van der Waals surface area contributed by atoms with Crippen LogP contribution in [-0.4, -0.2) is 24.5 Å². The van der Waals surface area contributed by atoms with Crippen molar-refractivity contribution in [3.63, 3.8) is 0 Å². The van der Waals surface area contributed by atoms with Crippen LogP contribution in [0, 0.1) is 12.7 Å². The third-order valence-electron chi connectivity index (χ3n) is 4.22. The topological polar surface area (TPSA) is 94.5 Å². The van der Waals surface area contributed by atoms with E-state index in [2.05, 4.69) is 26.8 Å². The van der Waals surface area contributed by atoms with E-state index in [1.54, 1.807) is 19.1 Å². The van der Waals surface area contributed by atoms with Crippen molar-refractivity contribution in [3.05, 3.63) is 78.7 Å². The van der Waals surface area contributed by atoms with Gasteiger partial charge in [-0.25, -0.2) is 9.37 Å². The number of nitrogens with two attached hydrogens (primary N) is 1. The molecule has 2 aromatic carbocycles. The number of halogens is 1. The smallest absolute Gasteiger partial charge is 0.228 e. The van der Waals surface area contributed by atoms with E-state index in [1.807, 2.05) is 34.9 Å². The highest BCUT2D eigenvalue weighted by molar-refractivity contribution is 5.78. The highest BCUT2D eigenvalue weighted by Gasteiger charge is 2.20. The Kier molecular flexibility index (Phi) is 4.44. The first-order chi connectivity index (χ1) is 13.5. The maximum atomic E-state index is 13.9. The van der Waals surface area contributed by atoms with Gasteiger partial charge < -0.3 is 11.1 Å². The molecule has 0 spiro atoms. The Morgan fingerprint density at radius 3 is 2.61 bits per heavy atom. The molecule has 0 bridgehead atoms. The van der Waals surface area contributed by atoms with Gasteiger partial charge in [-0.3, -0.25) is 4.57 Å². The average Bonchev–Trinajstić information content (AvgIpc) is 3.04. The fraction of sp³-hybridized carbons (Fsp3) is 0.100. The lowest BCUT2D eigenvalue weighted by molar-refractivity contribution is 0.629. The van der Waals surface area contributed by atoms with Gasteiger partial charge in [-0.15, -0.1) is 6.58 Å². The van der Waals surface area contributed by atoms with Gasteiger partial charge in [0.15, 0.2) is 0 Å². The Morgan fingerprint density at radius 2 is 1.89 bits per heavy atom. The molecule has 0 fully saturated rings. The van der Waals surface area contributed by atoms with Gasteiger partial charge in [-0.1, -0.05) is 24.3 Å². The molecular weight excluding hydrogens is 357 g/mol. The van der Waals surface area contributed by atoms with Gasteiger partial charge in [0.05, 0.1) is 11.0 Å². The lowest BCUT2D eigenvalue weighted by atomic mass is 10.2. The predicted octanol–water partition coefficient (Wildman–Crippen LogP) is 3.58. The molecule has 1 atom stereocenters. The van der Waals surface area contributed by atoms with Crippen LogP contribution in [0.4, 0.5) is 16.3 Å². The first kappa shape index (κ1) is 17.6. The molecule has 0 amide bonds. The number of rotatable bonds is 5. The molecule has 7 nitrogen and oxygen atoms in total. The van der Waals surface area contributed by atoms with Gasteiger partial charge >= 0.3 is 0 Å². The van der Waals surface area contributed by atoms with E-state index in [0.29, 0.717) is 28.6 Å². The minimum atomic E-state index is -0.447. The molecule has 2 aromatic heterocycles. The van der Waals surface area contributed by atoms with E-state index >= 15 is 0 Å². The molecule has 28 heavy (non-hydrogen) atoms. The van der Waals surface area contributed by atoms with Crippen molar-refractivity contribution in [2.45, 2.75) is 13.0 Å². The number of nitrogens with zero attached hydrogens (tertiary/aromatic N) is 5. The monoisotopic (exact) mass is 375 g/mol. The number of fused-ring (bicyclic) bond motifs is 1. The summed E-state index contributed by atoms with van der Waals surface area (Å²) < 4.78 is 15.8. The van der Waals surface area contributed by atoms with Gasteiger partial charge in [0, 0.05) is 11.8 Å². The Bertz CT molecular complexity index is 1130. The van der Waals surface area contributed by atoms with Crippen LogP contribution >= 0.6 is 0 Å². The third kappa shape index (κ3) is 3.27. The molecule has 4 aromatic rings. The Morgan fingerprint density at radius 1 is 1.11 bits per heavy atom. The number of benzene rings is 2. The summed E-state index contributed by atoms with van der Waals surface area (Å²) in [6, 6.07) is 13.7. The molecule has 0 radical (unpaired) electrons. The molecule has 1 unspecified atom stereocenters. The molecule has 2 heterocycles. The minimum absolute atomic E-state index is 0.122. The van der Waals surface area contributed by atoms with Crippen molar-refractivity contribution < 1.29 is 4.39 Å². The lowest BCUT2D eigenvalue weighted by Gasteiger charge is -2.17. The first-order valence-electron chi connectivity index (χ1n) is 8.65. The van der Waals surface area contributed by atoms with Gasteiger partial charge in [0.1, 0.15) is 23.5 Å². The molecule has 0 aliphatic carbocycles. The highest BCUT2D eigenvalue weighted by atomic mass is 19.1. The number of aromatic nitrogens is 5. The Hall–Kier alpha value is -3.81. The van der Waals surface area contributed by atoms with Crippen molar-refractivity contribution >= 4 is 22.9 Å².